The second-order valence-corrected chi connectivity index (χ2v) is 6.05. The topological polar surface area (TPSA) is 50.4 Å². The van der Waals surface area contributed by atoms with Crippen LogP contribution in [-0.2, 0) is 4.74 Å². The molecule has 2 unspecified atom stereocenters. The molecular formula is C17H24N2O2. The van der Waals surface area contributed by atoms with Gasteiger partial charge in [0.25, 0.3) is 5.91 Å². The standard InChI is InChI=1S/C17H24N2O2/c1-2-10-18-14-7-5-13(6-8-14)17(20)19-15-9-11-21-16(15)12-3-4-12/h5-8,12,15-16,18H,2-4,9-11H2,1H3,(H,19,20). The maximum Gasteiger partial charge on any atom is 0.251 e. The van der Waals surface area contributed by atoms with Gasteiger partial charge in [0, 0.05) is 24.4 Å². The molecule has 4 nitrogen and oxygen atoms in total. The predicted molar refractivity (Wildman–Crippen MR) is 83.6 cm³/mol. The minimum absolute atomic E-state index is 0.0122. The molecule has 1 amide bonds. The molecule has 4 heteroatoms. The summed E-state index contributed by atoms with van der Waals surface area (Å²) in [5.41, 5.74) is 1.78. The first kappa shape index (κ1) is 14.4. The van der Waals surface area contributed by atoms with Gasteiger partial charge in [0.2, 0.25) is 0 Å². The summed E-state index contributed by atoms with van der Waals surface area (Å²) in [7, 11) is 0. The molecule has 2 atom stereocenters. The highest BCUT2D eigenvalue weighted by molar-refractivity contribution is 5.94. The molecule has 0 bridgehead atoms. The summed E-state index contributed by atoms with van der Waals surface area (Å²) in [5.74, 6) is 0.677. The van der Waals surface area contributed by atoms with Gasteiger partial charge in [-0.2, -0.15) is 0 Å². The number of carbonyl (C=O) groups excluding carboxylic acids is 1. The van der Waals surface area contributed by atoms with Crippen LogP contribution in [0.5, 0.6) is 0 Å². The number of benzene rings is 1. The Labute approximate surface area is 126 Å². The number of hydrogen-bond donors (Lipinski definition) is 2. The van der Waals surface area contributed by atoms with Crippen LogP contribution in [0, 0.1) is 5.92 Å². The van der Waals surface area contributed by atoms with Crippen molar-refractivity contribution in [2.75, 3.05) is 18.5 Å². The third kappa shape index (κ3) is 3.56. The van der Waals surface area contributed by atoms with E-state index in [9.17, 15) is 4.79 Å². The Hall–Kier alpha value is -1.55. The Balaban J connectivity index is 1.57. The van der Waals surface area contributed by atoms with Crippen molar-refractivity contribution >= 4 is 11.6 Å². The highest BCUT2D eigenvalue weighted by Gasteiger charge is 2.41. The SMILES string of the molecule is CCCNc1ccc(C(=O)NC2CCOC2C2CC2)cc1. The molecule has 2 aliphatic rings. The molecule has 21 heavy (non-hydrogen) atoms. The van der Waals surface area contributed by atoms with E-state index in [1.54, 1.807) is 0 Å². The zero-order chi connectivity index (χ0) is 14.7. The Bertz CT molecular complexity index is 482. The third-order valence-corrected chi connectivity index (χ3v) is 4.27. The van der Waals surface area contributed by atoms with E-state index in [0.717, 1.165) is 37.2 Å². The predicted octanol–water partition coefficient (Wildman–Crippen LogP) is 2.81. The summed E-state index contributed by atoms with van der Waals surface area (Å²) in [5, 5.41) is 6.46. The van der Waals surface area contributed by atoms with E-state index < -0.39 is 0 Å². The van der Waals surface area contributed by atoms with E-state index in [1.807, 2.05) is 24.3 Å². The van der Waals surface area contributed by atoms with Gasteiger partial charge in [0.1, 0.15) is 0 Å². The van der Waals surface area contributed by atoms with E-state index in [2.05, 4.69) is 17.6 Å². The molecule has 0 radical (unpaired) electrons. The highest BCUT2D eigenvalue weighted by atomic mass is 16.5. The minimum Gasteiger partial charge on any atom is -0.385 e. The number of hydrogen-bond acceptors (Lipinski definition) is 3. The fourth-order valence-electron chi connectivity index (χ4n) is 2.92. The zero-order valence-electron chi connectivity index (χ0n) is 12.6. The average Bonchev–Trinajstić information content (AvgIpc) is 3.26. The van der Waals surface area contributed by atoms with Crippen LogP contribution in [0.2, 0.25) is 0 Å². The molecule has 3 rings (SSSR count). The minimum atomic E-state index is 0.0122. The van der Waals surface area contributed by atoms with Crippen molar-refractivity contribution in [3.05, 3.63) is 29.8 Å². The van der Waals surface area contributed by atoms with E-state index >= 15 is 0 Å². The fraction of sp³-hybridized carbons (Fsp3) is 0.588. The van der Waals surface area contributed by atoms with Crippen LogP contribution in [0.3, 0.4) is 0 Å². The van der Waals surface area contributed by atoms with Crippen LogP contribution in [0.25, 0.3) is 0 Å². The Morgan fingerprint density at radius 3 is 2.67 bits per heavy atom. The van der Waals surface area contributed by atoms with Crippen molar-refractivity contribution in [1.82, 2.24) is 5.32 Å². The molecular weight excluding hydrogens is 264 g/mol. The lowest BCUT2D eigenvalue weighted by Crippen LogP contribution is -2.41. The summed E-state index contributed by atoms with van der Waals surface area (Å²) < 4.78 is 5.76. The van der Waals surface area contributed by atoms with Gasteiger partial charge in [-0.1, -0.05) is 6.92 Å². The molecule has 0 aromatic heterocycles. The first-order chi connectivity index (χ1) is 10.3. The molecule has 1 saturated heterocycles. The lowest BCUT2D eigenvalue weighted by atomic mass is 10.1. The Morgan fingerprint density at radius 1 is 1.24 bits per heavy atom. The van der Waals surface area contributed by atoms with Gasteiger partial charge in [-0.05, 0) is 55.9 Å². The molecule has 1 saturated carbocycles. The number of nitrogens with one attached hydrogen (secondary N) is 2. The molecule has 114 valence electrons. The van der Waals surface area contributed by atoms with Gasteiger partial charge in [-0.25, -0.2) is 0 Å². The van der Waals surface area contributed by atoms with Gasteiger partial charge >= 0.3 is 0 Å². The van der Waals surface area contributed by atoms with Crippen LogP contribution in [-0.4, -0.2) is 31.2 Å². The average molecular weight is 288 g/mol. The Kier molecular flexibility index (Phi) is 4.44. The van der Waals surface area contributed by atoms with Crippen molar-refractivity contribution in [3.63, 3.8) is 0 Å². The van der Waals surface area contributed by atoms with E-state index in [0.29, 0.717) is 5.92 Å². The van der Waals surface area contributed by atoms with Gasteiger partial charge in [0.15, 0.2) is 0 Å². The van der Waals surface area contributed by atoms with Crippen molar-refractivity contribution in [1.29, 1.82) is 0 Å². The van der Waals surface area contributed by atoms with Crippen molar-refractivity contribution in [2.45, 2.75) is 44.8 Å². The third-order valence-electron chi connectivity index (χ3n) is 4.27. The Morgan fingerprint density at radius 2 is 2.00 bits per heavy atom. The second-order valence-electron chi connectivity index (χ2n) is 6.05. The number of rotatable bonds is 6. The number of anilines is 1. The summed E-state index contributed by atoms with van der Waals surface area (Å²) >= 11 is 0. The van der Waals surface area contributed by atoms with Crippen molar-refractivity contribution in [3.8, 4) is 0 Å². The number of ether oxygens (including phenoxy) is 1. The van der Waals surface area contributed by atoms with Crippen molar-refractivity contribution < 1.29 is 9.53 Å². The molecule has 1 aliphatic heterocycles. The molecule has 0 spiro atoms. The lowest BCUT2D eigenvalue weighted by Gasteiger charge is -2.19. The molecule has 2 N–H and O–H groups in total. The van der Waals surface area contributed by atoms with Crippen LogP contribution in [0.4, 0.5) is 5.69 Å². The largest absolute Gasteiger partial charge is 0.385 e. The maximum absolute atomic E-state index is 12.3. The summed E-state index contributed by atoms with van der Waals surface area (Å²) in [6.45, 7) is 3.86. The van der Waals surface area contributed by atoms with Crippen LogP contribution < -0.4 is 10.6 Å². The maximum atomic E-state index is 12.3. The molecule has 1 heterocycles. The smallest absolute Gasteiger partial charge is 0.251 e. The molecule has 2 fully saturated rings. The quantitative estimate of drug-likeness (QED) is 0.846. The van der Waals surface area contributed by atoms with Crippen molar-refractivity contribution in [2.24, 2.45) is 5.92 Å². The monoisotopic (exact) mass is 288 g/mol. The van der Waals surface area contributed by atoms with Crippen LogP contribution >= 0.6 is 0 Å². The lowest BCUT2D eigenvalue weighted by molar-refractivity contribution is 0.0729. The van der Waals surface area contributed by atoms with E-state index in [-0.39, 0.29) is 18.1 Å². The second kappa shape index (κ2) is 6.48. The van der Waals surface area contributed by atoms with Crippen LogP contribution in [0.15, 0.2) is 24.3 Å². The molecule has 1 aromatic rings. The van der Waals surface area contributed by atoms with Gasteiger partial charge in [-0.3, -0.25) is 4.79 Å². The van der Waals surface area contributed by atoms with Gasteiger partial charge in [0.05, 0.1) is 12.1 Å². The normalized spacial score (nSPS) is 24.8. The summed E-state index contributed by atoms with van der Waals surface area (Å²) in [6, 6.07) is 7.88. The zero-order valence-corrected chi connectivity index (χ0v) is 12.6. The van der Waals surface area contributed by atoms with Crippen LogP contribution in [0.1, 0.15) is 43.0 Å². The number of carbonyl (C=O) groups is 1. The first-order valence-corrected chi connectivity index (χ1v) is 8.04. The first-order valence-electron chi connectivity index (χ1n) is 8.04. The van der Waals surface area contributed by atoms with Gasteiger partial charge in [-0.15, -0.1) is 0 Å². The fourth-order valence-corrected chi connectivity index (χ4v) is 2.92. The van der Waals surface area contributed by atoms with E-state index in [1.165, 1.54) is 12.8 Å². The molecule has 1 aliphatic carbocycles. The molecule has 1 aromatic carbocycles. The number of amides is 1. The highest BCUT2D eigenvalue weighted by Crippen LogP contribution is 2.38. The van der Waals surface area contributed by atoms with Gasteiger partial charge < -0.3 is 15.4 Å². The van der Waals surface area contributed by atoms with E-state index in [4.69, 9.17) is 4.74 Å². The summed E-state index contributed by atoms with van der Waals surface area (Å²) in [4.78, 5) is 12.3. The summed E-state index contributed by atoms with van der Waals surface area (Å²) in [6.07, 6.45) is 4.75.